The summed E-state index contributed by atoms with van der Waals surface area (Å²) in [6.45, 7) is 5.29. The molecular weight excluding hydrogens is 266 g/mol. The summed E-state index contributed by atoms with van der Waals surface area (Å²) in [5.74, 6) is -2.29. The molecule has 4 heteroatoms. The highest BCUT2D eigenvalue weighted by molar-refractivity contribution is 9.10. The quantitative estimate of drug-likeness (QED) is 0.465. The first-order chi connectivity index (χ1) is 6.91. The highest BCUT2D eigenvalue weighted by Crippen LogP contribution is 2.22. The fourth-order valence-corrected chi connectivity index (χ4v) is 1.64. The van der Waals surface area contributed by atoms with Crippen molar-refractivity contribution in [3.05, 3.63) is 46.0 Å². The van der Waals surface area contributed by atoms with Gasteiger partial charge < -0.3 is 0 Å². The summed E-state index contributed by atoms with van der Waals surface area (Å²) in [6, 6.07) is 1.84. The Kier molecular flexibility index (Phi) is 3.74. The van der Waals surface area contributed by atoms with Crippen LogP contribution < -0.4 is 0 Å². The lowest BCUT2D eigenvalue weighted by Crippen LogP contribution is -2.02. The molecule has 15 heavy (non-hydrogen) atoms. The lowest BCUT2D eigenvalue weighted by Gasteiger charge is -2.04. The molecule has 1 nitrogen and oxygen atoms in total. The molecule has 0 unspecified atom stereocenters. The Morgan fingerprint density at radius 2 is 1.93 bits per heavy atom. The lowest BCUT2D eigenvalue weighted by atomic mass is 10.0. The molecule has 0 atom stereocenters. The Bertz CT molecular complexity index is 427. The molecular formula is C11H9BrF2O. The maximum atomic E-state index is 12.9. The molecule has 0 heterocycles. The van der Waals surface area contributed by atoms with Crippen LogP contribution in [0.5, 0.6) is 0 Å². The van der Waals surface area contributed by atoms with Crippen LogP contribution in [0.4, 0.5) is 8.78 Å². The average molecular weight is 275 g/mol. The molecule has 0 bridgehead atoms. The monoisotopic (exact) mass is 274 g/mol. The Morgan fingerprint density at radius 3 is 2.47 bits per heavy atom. The first-order valence-electron chi connectivity index (χ1n) is 4.24. The summed E-state index contributed by atoms with van der Waals surface area (Å²) >= 11 is 3.01. The molecule has 0 aromatic heterocycles. The number of ketones is 1. The van der Waals surface area contributed by atoms with E-state index in [1.54, 1.807) is 6.92 Å². The Labute approximate surface area is 94.9 Å². The van der Waals surface area contributed by atoms with Gasteiger partial charge in [-0.3, -0.25) is 4.79 Å². The summed E-state index contributed by atoms with van der Waals surface area (Å²) in [7, 11) is 0. The lowest BCUT2D eigenvalue weighted by molar-refractivity contribution is 0.0992. The van der Waals surface area contributed by atoms with Gasteiger partial charge in [0.25, 0.3) is 0 Å². The second-order valence-electron chi connectivity index (χ2n) is 3.30. The van der Waals surface area contributed by atoms with Gasteiger partial charge in [-0.1, -0.05) is 12.2 Å². The summed E-state index contributed by atoms with van der Waals surface area (Å²) in [4.78, 5) is 11.6. The highest BCUT2D eigenvalue weighted by Gasteiger charge is 2.14. The number of Topliss-reactive ketones (excluding diaryl/α,β-unsaturated/α-hetero) is 1. The minimum atomic E-state index is -1.02. The molecule has 0 saturated carbocycles. The van der Waals surface area contributed by atoms with E-state index in [0.717, 1.165) is 12.1 Å². The fourth-order valence-electron chi connectivity index (χ4n) is 1.11. The second-order valence-corrected chi connectivity index (χ2v) is 4.16. The van der Waals surface area contributed by atoms with Crippen molar-refractivity contribution in [2.75, 3.05) is 0 Å². The first-order valence-corrected chi connectivity index (χ1v) is 5.03. The van der Waals surface area contributed by atoms with Gasteiger partial charge in [-0.05, 0) is 35.0 Å². The summed E-state index contributed by atoms with van der Waals surface area (Å²) in [5.41, 5.74) is 0.813. The third-order valence-corrected chi connectivity index (χ3v) is 2.43. The normalized spacial score (nSPS) is 10.1. The third kappa shape index (κ3) is 2.96. The van der Waals surface area contributed by atoms with Crippen LogP contribution in [-0.2, 0) is 0 Å². The second kappa shape index (κ2) is 4.66. The third-order valence-electron chi connectivity index (χ3n) is 1.77. The fraction of sp³-hybridized carbons (Fsp3) is 0.182. The van der Waals surface area contributed by atoms with Crippen LogP contribution in [0.15, 0.2) is 28.8 Å². The van der Waals surface area contributed by atoms with Gasteiger partial charge in [0.15, 0.2) is 17.4 Å². The van der Waals surface area contributed by atoms with Crippen molar-refractivity contribution < 1.29 is 13.6 Å². The topological polar surface area (TPSA) is 17.1 Å². The van der Waals surface area contributed by atoms with Crippen molar-refractivity contribution in [3.8, 4) is 0 Å². The van der Waals surface area contributed by atoms with E-state index in [0.29, 0.717) is 5.57 Å². The molecule has 1 rings (SSSR count). The molecule has 0 N–H and O–H groups in total. The Hall–Kier alpha value is -1.03. The zero-order valence-corrected chi connectivity index (χ0v) is 9.70. The summed E-state index contributed by atoms with van der Waals surface area (Å²) in [5, 5.41) is 0. The van der Waals surface area contributed by atoms with Gasteiger partial charge in [0.05, 0.1) is 0 Å². The minimum absolute atomic E-state index is 0.129. The van der Waals surface area contributed by atoms with Crippen molar-refractivity contribution in [2.45, 2.75) is 13.3 Å². The molecule has 0 spiro atoms. The van der Waals surface area contributed by atoms with Gasteiger partial charge in [-0.15, -0.1) is 0 Å². The van der Waals surface area contributed by atoms with Crippen LogP contribution in [0.2, 0.25) is 0 Å². The summed E-state index contributed by atoms with van der Waals surface area (Å²) < 4.78 is 25.9. The number of halogens is 3. The predicted octanol–water partition coefficient (Wildman–Crippen LogP) is 3.88. The van der Waals surface area contributed by atoms with Crippen molar-refractivity contribution in [1.82, 2.24) is 0 Å². The Morgan fingerprint density at radius 1 is 1.40 bits per heavy atom. The summed E-state index contributed by atoms with van der Waals surface area (Å²) in [6.07, 6.45) is 0.129. The molecule has 0 aliphatic heterocycles. The first kappa shape index (κ1) is 12.0. The van der Waals surface area contributed by atoms with Gasteiger partial charge >= 0.3 is 0 Å². The van der Waals surface area contributed by atoms with Crippen LogP contribution in [0, 0.1) is 11.6 Å². The van der Waals surface area contributed by atoms with Crippen molar-refractivity contribution in [2.24, 2.45) is 0 Å². The number of hydrogen-bond acceptors (Lipinski definition) is 1. The molecule has 0 amide bonds. The van der Waals surface area contributed by atoms with E-state index in [1.165, 1.54) is 0 Å². The number of allylic oxidation sites excluding steroid dienone is 1. The molecule has 0 fully saturated rings. The van der Waals surface area contributed by atoms with Crippen molar-refractivity contribution >= 4 is 21.7 Å². The maximum absolute atomic E-state index is 12.9. The number of benzene rings is 1. The van der Waals surface area contributed by atoms with Crippen LogP contribution in [0.1, 0.15) is 23.7 Å². The molecule has 0 aliphatic rings. The van der Waals surface area contributed by atoms with E-state index in [2.05, 4.69) is 22.5 Å². The molecule has 0 aliphatic carbocycles. The average Bonchev–Trinajstić information content (AvgIpc) is 2.09. The Balaban J connectivity index is 3.09. The molecule has 0 radical (unpaired) electrons. The molecule has 1 aromatic carbocycles. The maximum Gasteiger partial charge on any atom is 0.168 e. The number of rotatable bonds is 3. The van der Waals surface area contributed by atoms with Gasteiger partial charge in [-0.25, -0.2) is 8.78 Å². The largest absolute Gasteiger partial charge is 0.294 e. The van der Waals surface area contributed by atoms with Crippen molar-refractivity contribution in [3.63, 3.8) is 0 Å². The molecule has 0 saturated heterocycles. The highest BCUT2D eigenvalue weighted by atomic mass is 79.9. The minimum Gasteiger partial charge on any atom is -0.294 e. The van der Waals surface area contributed by atoms with Gasteiger partial charge in [-0.2, -0.15) is 0 Å². The van der Waals surface area contributed by atoms with Crippen LogP contribution >= 0.6 is 15.9 Å². The standard InChI is InChI=1S/C11H9BrF2O/c1-6(2)3-11(15)7-4-9(13)10(14)5-8(7)12/h4-5H,1,3H2,2H3. The number of carbonyl (C=O) groups excluding carboxylic acids is 1. The molecule has 80 valence electrons. The van der Waals surface area contributed by atoms with Gasteiger partial charge in [0, 0.05) is 16.5 Å². The zero-order chi connectivity index (χ0) is 11.6. The van der Waals surface area contributed by atoms with E-state index >= 15 is 0 Å². The van der Waals surface area contributed by atoms with E-state index in [1.807, 2.05) is 0 Å². The number of hydrogen-bond donors (Lipinski definition) is 0. The number of carbonyl (C=O) groups is 1. The van der Waals surface area contributed by atoms with E-state index in [4.69, 9.17) is 0 Å². The van der Waals surface area contributed by atoms with Gasteiger partial charge in [0.1, 0.15) is 0 Å². The SMILES string of the molecule is C=C(C)CC(=O)c1cc(F)c(F)cc1Br. The van der Waals surface area contributed by atoms with E-state index < -0.39 is 11.6 Å². The van der Waals surface area contributed by atoms with E-state index in [-0.39, 0.29) is 22.2 Å². The molecule has 1 aromatic rings. The van der Waals surface area contributed by atoms with E-state index in [9.17, 15) is 13.6 Å². The van der Waals surface area contributed by atoms with Crippen molar-refractivity contribution in [1.29, 1.82) is 0 Å². The smallest absolute Gasteiger partial charge is 0.168 e. The zero-order valence-electron chi connectivity index (χ0n) is 8.11. The predicted molar refractivity (Wildman–Crippen MR) is 57.8 cm³/mol. The van der Waals surface area contributed by atoms with Gasteiger partial charge in [0.2, 0.25) is 0 Å². The van der Waals surface area contributed by atoms with Crippen LogP contribution in [0.3, 0.4) is 0 Å². The van der Waals surface area contributed by atoms with Crippen LogP contribution in [0.25, 0.3) is 0 Å². The van der Waals surface area contributed by atoms with Crippen LogP contribution in [-0.4, -0.2) is 5.78 Å².